The molecule has 0 aliphatic carbocycles. The van der Waals surface area contributed by atoms with Gasteiger partial charge in [-0.2, -0.15) is 0 Å². The molecular weight excluding hydrogens is 336 g/mol. The molecule has 1 aliphatic rings. The summed E-state index contributed by atoms with van der Waals surface area (Å²) in [5.74, 6) is 0.915. The summed E-state index contributed by atoms with van der Waals surface area (Å²) >= 11 is 0. The standard InChI is InChI=1S/C22H28N4O/c1-16-5-8-21-24-22(18-6-7-20(27-3)17(2)13-18)19(26(21)14-16)15-25-11-4-9-23-10-12-25/h5-8,13-14,23H,4,9-12,15H2,1-3H3. The number of rotatable bonds is 4. The van der Waals surface area contributed by atoms with E-state index in [0.717, 1.165) is 60.9 Å². The van der Waals surface area contributed by atoms with Crippen molar-refractivity contribution in [2.75, 3.05) is 33.3 Å². The van der Waals surface area contributed by atoms with Crippen molar-refractivity contribution in [1.82, 2.24) is 19.6 Å². The summed E-state index contributed by atoms with van der Waals surface area (Å²) in [5.41, 5.74) is 6.87. The largest absolute Gasteiger partial charge is 0.496 e. The normalized spacial score (nSPS) is 15.8. The summed E-state index contributed by atoms with van der Waals surface area (Å²) in [4.78, 5) is 7.52. The summed E-state index contributed by atoms with van der Waals surface area (Å²) in [6.07, 6.45) is 3.39. The van der Waals surface area contributed by atoms with Crippen molar-refractivity contribution in [3.05, 3.63) is 53.3 Å². The zero-order chi connectivity index (χ0) is 18.8. The first kappa shape index (κ1) is 18.0. The second-order valence-electron chi connectivity index (χ2n) is 7.41. The molecule has 0 radical (unpaired) electrons. The molecule has 4 rings (SSSR count). The highest BCUT2D eigenvalue weighted by atomic mass is 16.5. The predicted octanol–water partition coefficient (Wildman–Crippen LogP) is 3.42. The molecule has 1 saturated heterocycles. The van der Waals surface area contributed by atoms with E-state index < -0.39 is 0 Å². The van der Waals surface area contributed by atoms with Crippen LogP contribution in [0.2, 0.25) is 0 Å². The van der Waals surface area contributed by atoms with Gasteiger partial charge in [0.25, 0.3) is 0 Å². The van der Waals surface area contributed by atoms with E-state index >= 15 is 0 Å². The molecule has 5 heteroatoms. The molecular formula is C22H28N4O. The molecule has 2 aromatic heterocycles. The number of aromatic nitrogens is 2. The van der Waals surface area contributed by atoms with E-state index in [1.165, 1.54) is 17.7 Å². The Balaban J connectivity index is 1.80. The second-order valence-corrected chi connectivity index (χ2v) is 7.41. The second kappa shape index (κ2) is 7.71. The molecule has 3 aromatic rings. The van der Waals surface area contributed by atoms with Crippen molar-refractivity contribution in [2.45, 2.75) is 26.8 Å². The average Bonchev–Trinajstić information content (AvgIpc) is 2.83. The highest BCUT2D eigenvalue weighted by Crippen LogP contribution is 2.30. The van der Waals surface area contributed by atoms with Gasteiger partial charge in [0.05, 0.1) is 18.5 Å². The molecule has 1 N–H and O–H groups in total. The van der Waals surface area contributed by atoms with Gasteiger partial charge in [0, 0.05) is 31.4 Å². The average molecular weight is 364 g/mol. The minimum Gasteiger partial charge on any atom is -0.496 e. The number of nitrogens with one attached hydrogen (secondary N) is 1. The van der Waals surface area contributed by atoms with Crippen LogP contribution in [0.5, 0.6) is 5.75 Å². The number of imidazole rings is 1. The van der Waals surface area contributed by atoms with Crippen LogP contribution in [-0.2, 0) is 6.54 Å². The molecule has 0 spiro atoms. The summed E-state index contributed by atoms with van der Waals surface area (Å²) in [7, 11) is 1.72. The van der Waals surface area contributed by atoms with Crippen LogP contribution >= 0.6 is 0 Å². The molecule has 0 saturated carbocycles. The van der Waals surface area contributed by atoms with Crippen LogP contribution in [0.4, 0.5) is 0 Å². The van der Waals surface area contributed by atoms with Crippen LogP contribution in [0, 0.1) is 13.8 Å². The summed E-state index contributed by atoms with van der Waals surface area (Å²) in [6.45, 7) is 9.47. The lowest BCUT2D eigenvalue weighted by Crippen LogP contribution is -2.28. The smallest absolute Gasteiger partial charge is 0.137 e. The fraction of sp³-hybridized carbons (Fsp3) is 0.409. The van der Waals surface area contributed by atoms with Gasteiger partial charge >= 0.3 is 0 Å². The van der Waals surface area contributed by atoms with Gasteiger partial charge in [-0.15, -0.1) is 0 Å². The quantitative estimate of drug-likeness (QED) is 0.770. The van der Waals surface area contributed by atoms with E-state index in [9.17, 15) is 0 Å². The van der Waals surface area contributed by atoms with Crippen molar-refractivity contribution in [3.8, 4) is 17.0 Å². The number of ether oxygens (including phenoxy) is 1. The highest BCUT2D eigenvalue weighted by Gasteiger charge is 2.18. The maximum Gasteiger partial charge on any atom is 0.137 e. The van der Waals surface area contributed by atoms with Gasteiger partial charge in [0.15, 0.2) is 0 Å². The third-order valence-electron chi connectivity index (χ3n) is 5.34. The van der Waals surface area contributed by atoms with Crippen LogP contribution < -0.4 is 10.1 Å². The maximum absolute atomic E-state index is 5.44. The third-order valence-corrected chi connectivity index (χ3v) is 5.34. The summed E-state index contributed by atoms with van der Waals surface area (Å²) in [6, 6.07) is 10.6. The number of nitrogens with zero attached hydrogens (tertiary/aromatic N) is 3. The minimum atomic E-state index is 0.909. The molecule has 1 aromatic carbocycles. The van der Waals surface area contributed by atoms with Gasteiger partial charge in [-0.3, -0.25) is 4.90 Å². The molecule has 3 heterocycles. The first-order valence-corrected chi connectivity index (χ1v) is 9.71. The third kappa shape index (κ3) is 3.70. The molecule has 5 nitrogen and oxygen atoms in total. The van der Waals surface area contributed by atoms with Crippen molar-refractivity contribution in [2.24, 2.45) is 0 Å². The Hall–Kier alpha value is -2.37. The van der Waals surface area contributed by atoms with Gasteiger partial charge in [-0.05, 0) is 68.8 Å². The lowest BCUT2D eigenvalue weighted by Gasteiger charge is -2.20. The first-order valence-electron chi connectivity index (χ1n) is 9.71. The van der Waals surface area contributed by atoms with Gasteiger partial charge in [0.1, 0.15) is 11.4 Å². The van der Waals surface area contributed by atoms with E-state index in [-0.39, 0.29) is 0 Å². The van der Waals surface area contributed by atoms with E-state index in [1.54, 1.807) is 7.11 Å². The highest BCUT2D eigenvalue weighted by molar-refractivity contribution is 5.68. The molecule has 0 bridgehead atoms. The maximum atomic E-state index is 5.44. The predicted molar refractivity (Wildman–Crippen MR) is 109 cm³/mol. The van der Waals surface area contributed by atoms with E-state index in [0.29, 0.717) is 0 Å². The van der Waals surface area contributed by atoms with Gasteiger partial charge in [-0.1, -0.05) is 6.07 Å². The lowest BCUT2D eigenvalue weighted by molar-refractivity contribution is 0.281. The van der Waals surface area contributed by atoms with Crippen molar-refractivity contribution in [3.63, 3.8) is 0 Å². The Morgan fingerprint density at radius 1 is 1.11 bits per heavy atom. The Labute approximate surface area is 161 Å². The number of benzene rings is 1. The zero-order valence-corrected chi connectivity index (χ0v) is 16.5. The number of hydrogen-bond donors (Lipinski definition) is 1. The number of pyridine rings is 1. The number of hydrogen-bond acceptors (Lipinski definition) is 4. The van der Waals surface area contributed by atoms with E-state index in [1.807, 2.05) is 6.07 Å². The van der Waals surface area contributed by atoms with Gasteiger partial charge < -0.3 is 14.5 Å². The molecule has 0 amide bonds. The Bertz CT molecular complexity index is 939. The fourth-order valence-electron chi connectivity index (χ4n) is 3.88. The molecule has 142 valence electrons. The van der Waals surface area contributed by atoms with Crippen molar-refractivity contribution >= 4 is 5.65 Å². The van der Waals surface area contributed by atoms with Crippen LogP contribution in [-0.4, -0.2) is 47.6 Å². The SMILES string of the molecule is COc1ccc(-c2nc3ccc(C)cn3c2CN2CCCNCC2)cc1C. The Morgan fingerprint density at radius 2 is 2.00 bits per heavy atom. The van der Waals surface area contributed by atoms with Crippen LogP contribution in [0.25, 0.3) is 16.9 Å². The van der Waals surface area contributed by atoms with E-state index in [4.69, 9.17) is 9.72 Å². The Kier molecular flexibility index (Phi) is 5.14. The summed E-state index contributed by atoms with van der Waals surface area (Å²) in [5, 5.41) is 3.49. The zero-order valence-electron chi connectivity index (χ0n) is 16.5. The minimum absolute atomic E-state index is 0.909. The molecule has 1 aliphatic heterocycles. The first-order chi connectivity index (χ1) is 13.2. The van der Waals surface area contributed by atoms with Crippen LogP contribution in [0.1, 0.15) is 23.2 Å². The molecule has 0 unspecified atom stereocenters. The Morgan fingerprint density at radius 3 is 2.81 bits per heavy atom. The molecule has 0 atom stereocenters. The van der Waals surface area contributed by atoms with E-state index in [2.05, 4.69) is 58.9 Å². The molecule has 27 heavy (non-hydrogen) atoms. The molecule has 1 fully saturated rings. The topological polar surface area (TPSA) is 41.8 Å². The number of aryl methyl sites for hydroxylation is 2. The fourth-order valence-corrected chi connectivity index (χ4v) is 3.88. The summed E-state index contributed by atoms with van der Waals surface area (Å²) < 4.78 is 7.70. The van der Waals surface area contributed by atoms with Gasteiger partial charge in [0.2, 0.25) is 0 Å². The lowest BCUT2D eigenvalue weighted by atomic mass is 10.1. The monoisotopic (exact) mass is 364 g/mol. The number of fused-ring (bicyclic) bond motifs is 1. The van der Waals surface area contributed by atoms with Crippen molar-refractivity contribution in [1.29, 1.82) is 0 Å². The van der Waals surface area contributed by atoms with Crippen LogP contribution in [0.3, 0.4) is 0 Å². The number of methoxy groups -OCH3 is 1. The van der Waals surface area contributed by atoms with Crippen molar-refractivity contribution < 1.29 is 4.74 Å². The van der Waals surface area contributed by atoms with Crippen LogP contribution in [0.15, 0.2) is 36.5 Å². The van der Waals surface area contributed by atoms with Gasteiger partial charge in [-0.25, -0.2) is 4.98 Å².